The lowest BCUT2D eigenvalue weighted by molar-refractivity contribution is 0.0636. The van der Waals surface area contributed by atoms with E-state index in [9.17, 15) is 9.59 Å². The fourth-order valence-electron chi connectivity index (χ4n) is 2.80. The predicted molar refractivity (Wildman–Crippen MR) is 111 cm³/mol. The highest BCUT2D eigenvalue weighted by molar-refractivity contribution is 5.93. The molecule has 0 radical (unpaired) electrons. The van der Waals surface area contributed by atoms with Gasteiger partial charge >= 0.3 is 11.7 Å². The maximum Gasteiger partial charge on any atom is 0.412 e. The quantitative estimate of drug-likeness (QED) is 0.674. The number of nitrogens with one attached hydrogen (secondary N) is 2. The van der Waals surface area contributed by atoms with E-state index >= 15 is 0 Å². The highest BCUT2D eigenvalue weighted by atomic mass is 16.6. The van der Waals surface area contributed by atoms with E-state index in [1.807, 2.05) is 12.1 Å². The van der Waals surface area contributed by atoms with Gasteiger partial charge in [-0.25, -0.2) is 9.59 Å². The normalized spacial score (nSPS) is 11.3. The Morgan fingerprint density at radius 3 is 2.72 bits per heavy atom. The molecule has 152 valence electrons. The van der Waals surface area contributed by atoms with Crippen molar-refractivity contribution >= 4 is 28.7 Å². The Kier molecular flexibility index (Phi) is 5.81. The molecule has 8 nitrogen and oxygen atoms in total. The van der Waals surface area contributed by atoms with E-state index in [-0.39, 0.29) is 6.01 Å². The van der Waals surface area contributed by atoms with Crippen LogP contribution in [0.3, 0.4) is 0 Å². The van der Waals surface area contributed by atoms with Crippen molar-refractivity contribution < 1.29 is 13.9 Å². The molecule has 2 aromatic heterocycles. The number of ether oxygens (including phenoxy) is 1. The van der Waals surface area contributed by atoms with Crippen LogP contribution in [-0.4, -0.2) is 28.2 Å². The molecule has 0 fully saturated rings. The Balaban J connectivity index is 1.77. The minimum atomic E-state index is -0.619. The molecule has 3 aromatic rings. The van der Waals surface area contributed by atoms with Crippen molar-refractivity contribution in [2.45, 2.75) is 39.7 Å². The Hall–Kier alpha value is -3.42. The first-order valence-corrected chi connectivity index (χ1v) is 9.30. The smallest absolute Gasteiger partial charge is 0.412 e. The average Bonchev–Trinajstić information content (AvgIpc) is 2.63. The number of nitrogens with zero attached hydrogens (tertiary/aromatic N) is 2. The third-order valence-electron chi connectivity index (χ3n) is 4.11. The topological polar surface area (TPSA) is 106 Å². The largest absolute Gasteiger partial charge is 0.444 e. The van der Waals surface area contributed by atoms with E-state index in [0.29, 0.717) is 28.7 Å². The van der Waals surface area contributed by atoms with Crippen LogP contribution in [0.5, 0.6) is 0 Å². The first-order valence-electron chi connectivity index (χ1n) is 9.30. The summed E-state index contributed by atoms with van der Waals surface area (Å²) in [4.78, 5) is 33.0. The number of aryl methyl sites for hydroxylation is 1. The number of carbonyl (C=O) groups is 1. The average molecular weight is 396 g/mol. The first kappa shape index (κ1) is 20.3. The summed E-state index contributed by atoms with van der Waals surface area (Å²) in [5.74, 6) is 0. The summed E-state index contributed by atoms with van der Waals surface area (Å²) in [5.41, 5.74) is 1.44. The molecule has 2 heterocycles. The van der Waals surface area contributed by atoms with Crippen molar-refractivity contribution in [2.75, 3.05) is 17.2 Å². The highest BCUT2D eigenvalue weighted by Gasteiger charge is 2.18. The van der Waals surface area contributed by atoms with E-state index in [0.717, 1.165) is 12.0 Å². The molecule has 0 aliphatic heterocycles. The molecular weight excluding hydrogens is 372 g/mol. The number of benzene rings is 1. The molecule has 1 aromatic carbocycles. The third-order valence-corrected chi connectivity index (χ3v) is 4.11. The number of carbonyl (C=O) groups excluding carboxylic acids is 1. The van der Waals surface area contributed by atoms with E-state index in [2.05, 4.69) is 20.6 Å². The lowest BCUT2D eigenvalue weighted by atomic mass is 10.1. The van der Waals surface area contributed by atoms with Gasteiger partial charge in [-0.1, -0.05) is 6.07 Å². The van der Waals surface area contributed by atoms with Gasteiger partial charge in [0.15, 0.2) is 0 Å². The Morgan fingerprint density at radius 2 is 2.03 bits per heavy atom. The summed E-state index contributed by atoms with van der Waals surface area (Å²) in [5, 5.41) is 6.00. The van der Waals surface area contributed by atoms with E-state index < -0.39 is 17.3 Å². The van der Waals surface area contributed by atoms with Crippen molar-refractivity contribution in [2.24, 2.45) is 0 Å². The number of aromatic nitrogens is 2. The van der Waals surface area contributed by atoms with Crippen molar-refractivity contribution in [3.63, 3.8) is 0 Å². The molecule has 0 spiro atoms. The van der Waals surface area contributed by atoms with Gasteiger partial charge in [-0.15, -0.1) is 0 Å². The number of rotatable bonds is 5. The Morgan fingerprint density at radius 1 is 1.24 bits per heavy atom. The molecule has 0 aliphatic carbocycles. The molecule has 3 rings (SSSR count). The number of amides is 1. The number of hydrogen-bond acceptors (Lipinski definition) is 7. The molecule has 0 atom stereocenters. The molecule has 0 saturated heterocycles. The van der Waals surface area contributed by atoms with Gasteiger partial charge in [-0.05, 0) is 63.4 Å². The van der Waals surface area contributed by atoms with Gasteiger partial charge in [0.1, 0.15) is 5.60 Å². The lowest BCUT2D eigenvalue weighted by Gasteiger charge is -2.20. The van der Waals surface area contributed by atoms with Crippen LogP contribution in [0.2, 0.25) is 0 Å². The van der Waals surface area contributed by atoms with Gasteiger partial charge in [-0.2, -0.15) is 4.98 Å². The molecular formula is C21H24N4O4. The summed E-state index contributed by atoms with van der Waals surface area (Å²) in [6.45, 7) is 7.61. The summed E-state index contributed by atoms with van der Waals surface area (Å²) in [6.07, 6.45) is 3.63. The second-order valence-corrected chi connectivity index (χ2v) is 7.60. The van der Waals surface area contributed by atoms with Crippen LogP contribution in [0.25, 0.3) is 10.9 Å². The van der Waals surface area contributed by atoms with Crippen LogP contribution in [-0.2, 0) is 11.2 Å². The van der Waals surface area contributed by atoms with Crippen LogP contribution in [0.1, 0.15) is 31.9 Å². The van der Waals surface area contributed by atoms with Gasteiger partial charge in [0.05, 0.1) is 10.9 Å². The maximum atomic E-state index is 12.5. The standard InChI is InChI=1S/C21H24N4O4/c1-13-15(25-20(27)29-21(2,3)4)7-8-16-17(13)18(26)28-19(24-16)23-11-9-14-6-5-10-22-12-14/h5-8,10,12H,9,11H2,1-4H3,(H,23,24)(H,25,27). The minimum absolute atomic E-state index is 0.152. The molecule has 29 heavy (non-hydrogen) atoms. The van der Waals surface area contributed by atoms with Crippen molar-refractivity contribution in [3.05, 3.63) is 58.2 Å². The third kappa shape index (κ3) is 5.31. The molecule has 8 heteroatoms. The summed E-state index contributed by atoms with van der Waals surface area (Å²) in [7, 11) is 0. The van der Waals surface area contributed by atoms with Gasteiger partial charge in [0.2, 0.25) is 0 Å². The lowest BCUT2D eigenvalue weighted by Crippen LogP contribution is -2.27. The predicted octanol–water partition coefficient (Wildman–Crippen LogP) is 3.89. The zero-order chi connectivity index (χ0) is 21.0. The monoisotopic (exact) mass is 396 g/mol. The van der Waals surface area contributed by atoms with Crippen molar-refractivity contribution in [1.82, 2.24) is 9.97 Å². The number of hydrogen-bond donors (Lipinski definition) is 2. The molecule has 2 N–H and O–H groups in total. The fraction of sp³-hybridized carbons (Fsp3) is 0.333. The molecule has 1 amide bonds. The fourth-order valence-corrected chi connectivity index (χ4v) is 2.80. The summed E-state index contributed by atoms with van der Waals surface area (Å²) in [6, 6.07) is 7.35. The van der Waals surface area contributed by atoms with E-state index in [1.165, 1.54) is 0 Å². The molecule has 0 bridgehead atoms. The molecule has 0 aliphatic rings. The van der Waals surface area contributed by atoms with Gasteiger partial charge < -0.3 is 14.5 Å². The van der Waals surface area contributed by atoms with E-state index in [1.54, 1.807) is 52.2 Å². The van der Waals surface area contributed by atoms with Gasteiger partial charge in [-0.3, -0.25) is 10.3 Å². The Bertz CT molecular complexity index is 1070. The Labute approximate surface area is 168 Å². The van der Waals surface area contributed by atoms with Crippen molar-refractivity contribution in [1.29, 1.82) is 0 Å². The van der Waals surface area contributed by atoms with Gasteiger partial charge in [0, 0.05) is 24.6 Å². The highest BCUT2D eigenvalue weighted by Crippen LogP contribution is 2.23. The van der Waals surface area contributed by atoms with Crippen LogP contribution >= 0.6 is 0 Å². The minimum Gasteiger partial charge on any atom is -0.444 e. The molecule has 0 saturated carbocycles. The second kappa shape index (κ2) is 8.30. The summed E-state index contributed by atoms with van der Waals surface area (Å²) >= 11 is 0. The van der Waals surface area contributed by atoms with E-state index in [4.69, 9.17) is 9.15 Å². The zero-order valence-electron chi connectivity index (χ0n) is 16.9. The van der Waals surface area contributed by atoms with Crippen molar-refractivity contribution in [3.8, 4) is 0 Å². The van der Waals surface area contributed by atoms with Crippen LogP contribution < -0.4 is 16.3 Å². The number of pyridine rings is 1. The SMILES string of the molecule is Cc1c(NC(=O)OC(C)(C)C)ccc2nc(NCCc3cccnc3)oc(=O)c12. The zero-order valence-corrected chi connectivity index (χ0v) is 16.9. The second-order valence-electron chi connectivity index (χ2n) is 7.60. The van der Waals surface area contributed by atoms with Crippen LogP contribution in [0, 0.1) is 6.92 Å². The van der Waals surface area contributed by atoms with Crippen LogP contribution in [0.15, 0.2) is 45.9 Å². The summed E-state index contributed by atoms with van der Waals surface area (Å²) < 4.78 is 10.6. The molecule has 0 unspecified atom stereocenters. The van der Waals surface area contributed by atoms with Gasteiger partial charge in [0.25, 0.3) is 6.01 Å². The first-order chi connectivity index (χ1) is 13.7. The maximum absolute atomic E-state index is 12.5. The van der Waals surface area contributed by atoms with Crippen LogP contribution in [0.4, 0.5) is 16.5 Å². The number of fused-ring (bicyclic) bond motifs is 1. The number of anilines is 2.